The van der Waals surface area contributed by atoms with E-state index < -0.39 is 0 Å². The molecular formula is C16H14N2O. The maximum Gasteiger partial charge on any atom is 0.137 e. The second-order valence-corrected chi connectivity index (χ2v) is 4.55. The minimum absolute atomic E-state index is 0.102. The van der Waals surface area contributed by atoms with Crippen molar-refractivity contribution in [3.63, 3.8) is 0 Å². The van der Waals surface area contributed by atoms with Gasteiger partial charge < -0.3 is 0 Å². The van der Waals surface area contributed by atoms with E-state index in [4.69, 9.17) is 10.1 Å². The van der Waals surface area contributed by atoms with Crippen LogP contribution in [0.5, 0.6) is 0 Å². The van der Waals surface area contributed by atoms with Crippen molar-refractivity contribution < 1.29 is 4.84 Å². The molecule has 1 saturated heterocycles. The Morgan fingerprint density at radius 1 is 1.00 bits per heavy atom. The average Bonchev–Trinajstić information content (AvgIpc) is 3.25. The fourth-order valence-electron chi connectivity index (χ4n) is 2.05. The number of nitriles is 1. The van der Waals surface area contributed by atoms with Gasteiger partial charge in [-0.05, 0) is 11.1 Å². The number of hydrogen-bond acceptors (Lipinski definition) is 3. The smallest absolute Gasteiger partial charge is 0.137 e. The Balaban J connectivity index is 1.86. The third kappa shape index (κ3) is 2.65. The summed E-state index contributed by atoms with van der Waals surface area (Å²) in [7, 11) is 0. The molecule has 2 aromatic carbocycles. The first-order chi connectivity index (χ1) is 9.38. The maximum absolute atomic E-state index is 8.86. The number of hydroxylamine groups is 2. The third-order valence-corrected chi connectivity index (χ3v) is 3.16. The van der Waals surface area contributed by atoms with Crippen LogP contribution < -0.4 is 0 Å². The summed E-state index contributed by atoms with van der Waals surface area (Å²) in [6, 6.07) is 22.2. The minimum atomic E-state index is -0.152. The maximum atomic E-state index is 8.86. The van der Waals surface area contributed by atoms with Crippen LogP contribution >= 0.6 is 0 Å². The number of rotatable bonds is 4. The van der Waals surface area contributed by atoms with E-state index in [1.807, 2.05) is 60.7 Å². The molecule has 0 spiro atoms. The highest BCUT2D eigenvalue weighted by Crippen LogP contribution is 2.31. The first-order valence-electron chi connectivity index (χ1n) is 6.31. The van der Waals surface area contributed by atoms with Gasteiger partial charge in [0.25, 0.3) is 0 Å². The first kappa shape index (κ1) is 11.9. The van der Waals surface area contributed by atoms with Crippen molar-refractivity contribution in [3.05, 3.63) is 71.8 Å². The van der Waals surface area contributed by atoms with E-state index in [2.05, 4.69) is 6.07 Å². The molecule has 1 fully saturated rings. The van der Waals surface area contributed by atoms with Crippen molar-refractivity contribution in [1.29, 1.82) is 5.26 Å². The topological polar surface area (TPSA) is 36.0 Å². The molecule has 94 valence electrons. The normalized spacial score (nSPS) is 21.1. The summed E-state index contributed by atoms with van der Waals surface area (Å²) in [4.78, 5) is 5.95. The molecule has 0 aromatic heterocycles. The molecule has 0 saturated carbocycles. The fourth-order valence-corrected chi connectivity index (χ4v) is 2.05. The molecule has 0 N–H and O–H groups in total. The lowest BCUT2D eigenvalue weighted by atomic mass is 10.0. The monoisotopic (exact) mass is 250 g/mol. The molecule has 1 heterocycles. The first-order valence-corrected chi connectivity index (χ1v) is 6.31. The molecule has 19 heavy (non-hydrogen) atoms. The largest absolute Gasteiger partial charge is 0.285 e. The Hall–Kier alpha value is -2.15. The van der Waals surface area contributed by atoms with Crippen LogP contribution in [0.3, 0.4) is 0 Å². The van der Waals surface area contributed by atoms with Crippen LogP contribution in [0.2, 0.25) is 0 Å². The summed E-state index contributed by atoms with van der Waals surface area (Å²) in [5.74, 6) is 0. The van der Waals surface area contributed by atoms with Crippen LogP contribution in [-0.4, -0.2) is 17.6 Å². The third-order valence-electron chi connectivity index (χ3n) is 3.16. The number of nitrogens with zero attached hydrogens (tertiary/aromatic N) is 2. The SMILES string of the molecule is N#CC1CN1OC(c1ccccc1)c1ccccc1. The molecule has 0 bridgehead atoms. The fraction of sp³-hybridized carbons (Fsp3) is 0.188. The minimum Gasteiger partial charge on any atom is -0.285 e. The summed E-state index contributed by atoms with van der Waals surface area (Å²) in [6.07, 6.45) is -0.152. The van der Waals surface area contributed by atoms with Gasteiger partial charge >= 0.3 is 0 Å². The van der Waals surface area contributed by atoms with Gasteiger partial charge in [-0.15, -0.1) is 0 Å². The Labute approximate surface area is 112 Å². The highest BCUT2D eigenvalue weighted by Gasteiger charge is 2.38. The van der Waals surface area contributed by atoms with Crippen molar-refractivity contribution >= 4 is 0 Å². The Morgan fingerprint density at radius 3 is 1.95 bits per heavy atom. The molecule has 0 aliphatic carbocycles. The summed E-state index contributed by atoms with van der Waals surface area (Å²) in [6.45, 7) is 0.687. The summed E-state index contributed by atoms with van der Waals surface area (Å²) in [5, 5.41) is 10.6. The van der Waals surface area contributed by atoms with Gasteiger partial charge in [-0.2, -0.15) is 10.3 Å². The van der Waals surface area contributed by atoms with Crippen LogP contribution in [0, 0.1) is 11.3 Å². The molecule has 3 nitrogen and oxygen atoms in total. The van der Waals surface area contributed by atoms with E-state index >= 15 is 0 Å². The molecule has 1 aliphatic heterocycles. The van der Waals surface area contributed by atoms with E-state index in [0.717, 1.165) is 11.1 Å². The lowest BCUT2D eigenvalue weighted by molar-refractivity contribution is -0.108. The van der Waals surface area contributed by atoms with Gasteiger partial charge in [-0.25, -0.2) is 0 Å². The lowest BCUT2D eigenvalue weighted by Gasteiger charge is -2.18. The zero-order valence-electron chi connectivity index (χ0n) is 10.4. The average molecular weight is 250 g/mol. The van der Waals surface area contributed by atoms with Gasteiger partial charge in [0.2, 0.25) is 0 Å². The van der Waals surface area contributed by atoms with Crippen molar-refractivity contribution in [1.82, 2.24) is 5.06 Å². The second kappa shape index (κ2) is 5.23. The quantitative estimate of drug-likeness (QED) is 0.783. The van der Waals surface area contributed by atoms with Crippen LogP contribution in [0.15, 0.2) is 60.7 Å². The van der Waals surface area contributed by atoms with Gasteiger partial charge in [0, 0.05) is 0 Å². The van der Waals surface area contributed by atoms with Gasteiger partial charge in [0.1, 0.15) is 12.1 Å². The van der Waals surface area contributed by atoms with E-state index in [0.29, 0.717) is 6.54 Å². The highest BCUT2D eigenvalue weighted by molar-refractivity contribution is 5.30. The molecule has 3 rings (SSSR count). The summed E-state index contributed by atoms with van der Waals surface area (Å²) < 4.78 is 0. The van der Waals surface area contributed by atoms with Crippen molar-refractivity contribution in [2.75, 3.05) is 6.54 Å². The van der Waals surface area contributed by atoms with Crippen molar-refractivity contribution in [2.24, 2.45) is 0 Å². The zero-order chi connectivity index (χ0) is 13.1. The summed E-state index contributed by atoms with van der Waals surface area (Å²) in [5.41, 5.74) is 2.19. The summed E-state index contributed by atoms with van der Waals surface area (Å²) >= 11 is 0. The van der Waals surface area contributed by atoms with Crippen LogP contribution in [0.25, 0.3) is 0 Å². The molecule has 2 atom stereocenters. The van der Waals surface area contributed by atoms with Crippen molar-refractivity contribution in [3.8, 4) is 6.07 Å². The Kier molecular flexibility index (Phi) is 3.28. The van der Waals surface area contributed by atoms with E-state index in [-0.39, 0.29) is 12.1 Å². The zero-order valence-corrected chi connectivity index (χ0v) is 10.4. The van der Waals surface area contributed by atoms with Crippen LogP contribution in [-0.2, 0) is 4.84 Å². The molecule has 1 aliphatic rings. The van der Waals surface area contributed by atoms with Gasteiger partial charge in [0.15, 0.2) is 0 Å². The van der Waals surface area contributed by atoms with Gasteiger partial charge in [0.05, 0.1) is 12.6 Å². The highest BCUT2D eigenvalue weighted by atomic mass is 16.7. The second-order valence-electron chi connectivity index (χ2n) is 4.55. The van der Waals surface area contributed by atoms with Crippen LogP contribution in [0.1, 0.15) is 17.2 Å². The number of benzene rings is 2. The molecule has 3 heteroatoms. The molecule has 0 radical (unpaired) electrons. The predicted molar refractivity (Wildman–Crippen MR) is 71.9 cm³/mol. The lowest BCUT2D eigenvalue weighted by Crippen LogP contribution is -2.12. The predicted octanol–water partition coefficient (Wildman–Crippen LogP) is 2.92. The molecular weight excluding hydrogens is 236 g/mol. The van der Waals surface area contributed by atoms with E-state index in [9.17, 15) is 0 Å². The van der Waals surface area contributed by atoms with Gasteiger partial charge in [-0.1, -0.05) is 60.7 Å². The number of hydrogen-bond donors (Lipinski definition) is 0. The molecule has 0 amide bonds. The Bertz CT molecular complexity index is 537. The van der Waals surface area contributed by atoms with Gasteiger partial charge in [-0.3, -0.25) is 4.84 Å². The standard InChI is InChI=1S/C16H14N2O/c17-11-15-12-18(15)19-16(13-7-3-1-4-8-13)14-9-5-2-6-10-14/h1-10,15-16H,12H2. The van der Waals surface area contributed by atoms with E-state index in [1.165, 1.54) is 0 Å². The van der Waals surface area contributed by atoms with Crippen molar-refractivity contribution in [2.45, 2.75) is 12.1 Å². The molecule has 2 unspecified atom stereocenters. The van der Waals surface area contributed by atoms with Crippen LogP contribution in [0.4, 0.5) is 0 Å². The Morgan fingerprint density at radius 2 is 1.53 bits per heavy atom. The van der Waals surface area contributed by atoms with E-state index in [1.54, 1.807) is 5.06 Å². The molecule has 2 aromatic rings.